The summed E-state index contributed by atoms with van der Waals surface area (Å²) in [5.41, 5.74) is -1.37. The molecule has 11 heteroatoms. The Labute approximate surface area is 197 Å². The van der Waals surface area contributed by atoms with Gasteiger partial charge in [-0.3, -0.25) is 9.59 Å². The molecule has 2 aromatic heterocycles. The van der Waals surface area contributed by atoms with Gasteiger partial charge in [0.25, 0.3) is 0 Å². The van der Waals surface area contributed by atoms with Crippen molar-refractivity contribution >= 4 is 56.5 Å². The zero-order valence-corrected chi connectivity index (χ0v) is 19.1. The number of imide groups is 1. The molecule has 0 unspecified atom stereocenters. The molecule has 0 saturated carbocycles. The molecule has 4 rings (SSSR count). The van der Waals surface area contributed by atoms with Gasteiger partial charge in [0.15, 0.2) is 0 Å². The van der Waals surface area contributed by atoms with Crippen molar-refractivity contribution in [2.45, 2.75) is 22.9 Å². The number of anilines is 1. The normalized spacial score (nSPS) is 16.5. The molecule has 32 heavy (non-hydrogen) atoms. The molecule has 5 nitrogen and oxygen atoms in total. The lowest BCUT2D eigenvalue weighted by Gasteiger charge is -2.16. The Bertz CT molecular complexity index is 1240. The number of benzene rings is 1. The van der Waals surface area contributed by atoms with Crippen LogP contribution in [0.25, 0.3) is 10.6 Å². The van der Waals surface area contributed by atoms with Crippen LogP contribution in [0.2, 0.25) is 0 Å². The van der Waals surface area contributed by atoms with Crippen molar-refractivity contribution in [2.24, 2.45) is 0 Å². The van der Waals surface area contributed by atoms with Gasteiger partial charge >= 0.3 is 6.18 Å². The Morgan fingerprint density at radius 3 is 2.53 bits per heavy atom. The molecule has 3 aromatic rings. The van der Waals surface area contributed by atoms with Crippen molar-refractivity contribution < 1.29 is 22.8 Å². The average Bonchev–Trinajstić information content (AvgIpc) is 3.36. The molecule has 2 amide bonds. The number of thiophene rings is 1. The fraction of sp³-hybridized carbons (Fsp3) is 0.143. The highest BCUT2D eigenvalue weighted by atomic mass is 79.9. The first-order chi connectivity index (χ1) is 15.2. The maximum absolute atomic E-state index is 13.7. The van der Waals surface area contributed by atoms with Gasteiger partial charge in [0.2, 0.25) is 11.8 Å². The van der Waals surface area contributed by atoms with Gasteiger partial charge in [0.1, 0.15) is 11.1 Å². The minimum atomic E-state index is -4.78. The number of halogens is 4. The monoisotopic (exact) mass is 537 g/mol. The minimum Gasteiger partial charge on any atom is -0.274 e. The number of nitriles is 1. The van der Waals surface area contributed by atoms with Crippen molar-refractivity contribution in [3.63, 3.8) is 0 Å². The number of pyridine rings is 1. The molecule has 0 N–H and O–H groups in total. The lowest BCUT2D eigenvalue weighted by Crippen LogP contribution is -2.31. The minimum absolute atomic E-state index is 0.0513. The van der Waals surface area contributed by atoms with E-state index in [2.05, 4.69) is 20.9 Å². The first-order valence-electron chi connectivity index (χ1n) is 9.04. The summed E-state index contributed by atoms with van der Waals surface area (Å²) in [7, 11) is 0. The first kappa shape index (κ1) is 22.5. The summed E-state index contributed by atoms with van der Waals surface area (Å²) in [6.07, 6.45) is -5.00. The molecule has 1 aliphatic rings. The number of nitrogens with zero attached hydrogens (tertiary/aromatic N) is 3. The van der Waals surface area contributed by atoms with Gasteiger partial charge in [0.05, 0.1) is 32.6 Å². The van der Waals surface area contributed by atoms with E-state index in [0.29, 0.717) is 22.3 Å². The molecular weight excluding hydrogens is 527 g/mol. The zero-order chi connectivity index (χ0) is 23.0. The predicted octanol–water partition coefficient (Wildman–Crippen LogP) is 5.89. The Balaban J connectivity index is 1.73. The summed E-state index contributed by atoms with van der Waals surface area (Å²) >= 11 is 5.19. The molecule has 0 radical (unpaired) electrons. The van der Waals surface area contributed by atoms with E-state index < -0.39 is 34.4 Å². The van der Waals surface area contributed by atoms with Gasteiger partial charge in [-0.25, -0.2) is 9.88 Å². The van der Waals surface area contributed by atoms with E-state index in [9.17, 15) is 28.0 Å². The zero-order valence-electron chi connectivity index (χ0n) is 15.9. The Hall–Kier alpha value is -2.68. The molecule has 0 bridgehead atoms. The van der Waals surface area contributed by atoms with Crippen LogP contribution >= 0.6 is 39.0 Å². The molecule has 1 atom stereocenters. The number of carbonyl (C=O) groups excluding carboxylic acids is 2. The lowest BCUT2D eigenvalue weighted by atomic mass is 10.1. The summed E-state index contributed by atoms with van der Waals surface area (Å²) in [5, 5.41) is 9.94. The number of rotatable bonds is 4. The fourth-order valence-corrected chi connectivity index (χ4v) is 5.26. The van der Waals surface area contributed by atoms with E-state index in [0.717, 1.165) is 15.4 Å². The van der Waals surface area contributed by atoms with Gasteiger partial charge < -0.3 is 0 Å². The van der Waals surface area contributed by atoms with Crippen LogP contribution in [0.1, 0.15) is 17.5 Å². The van der Waals surface area contributed by atoms with Crippen molar-refractivity contribution in [3.05, 3.63) is 63.4 Å². The third-order valence-electron chi connectivity index (χ3n) is 4.62. The molecule has 1 aromatic carbocycles. The molecular formula is C21H11BrF3N3O2S2. The SMILES string of the molecule is N#Cc1c(C(F)(F)F)cc(-c2cccs2)nc1S[C@@H]1CC(=O)N(c2ccc(Br)cc2)C1=O. The number of hydrogen-bond acceptors (Lipinski definition) is 6. The summed E-state index contributed by atoms with van der Waals surface area (Å²) in [4.78, 5) is 31.2. The highest BCUT2D eigenvalue weighted by molar-refractivity contribution is 9.10. The third-order valence-corrected chi connectivity index (χ3v) is 7.21. The topological polar surface area (TPSA) is 74.1 Å². The highest BCUT2D eigenvalue weighted by Crippen LogP contribution is 2.41. The Morgan fingerprint density at radius 2 is 1.94 bits per heavy atom. The summed E-state index contributed by atoms with van der Waals surface area (Å²) in [6, 6.07) is 12.2. The van der Waals surface area contributed by atoms with Crippen LogP contribution < -0.4 is 4.90 Å². The van der Waals surface area contributed by atoms with Crippen molar-refractivity contribution in [2.75, 3.05) is 4.90 Å². The Morgan fingerprint density at radius 1 is 1.22 bits per heavy atom. The smallest absolute Gasteiger partial charge is 0.274 e. The van der Waals surface area contributed by atoms with Crippen LogP contribution in [-0.2, 0) is 15.8 Å². The molecule has 3 heterocycles. The number of carbonyl (C=O) groups is 2. The first-order valence-corrected chi connectivity index (χ1v) is 11.6. The Kier molecular flexibility index (Phi) is 6.11. The van der Waals surface area contributed by atoms with E-state index >= 15 is 0 Å². The van der Waals surface area contributed by atoms with Crippen LogP contribution in [0.5, 0.6) is 0 Å². The third kappa shape index (κ3) is 4.30. The van der Waals surface area contributed by atoms with Crippen molar-refractivity contribution in [3.8, 4) is 16.6 Å². The summed E-state index contributed by atoms with van der Waals surface area (Å²) in [6.45, 7) is 0. The van der Waals surface area contributed by atoms with Crippen molar-refractivity contribution in [1.82, 2.24) is 4.98 Å². The maximum atomic E-state index is 13.7. The molecule has 1 fully saturated rings. The predicted molar refractivity (Wildman–Crippen MR) is 118 cm³/mol. The van der Waals surface area contributed by atoms with Crippen molar-refractivity contribution in [1.29, 1.82) is 5.26 Å². The highest BCUT2D eigenvalue weighted by Gasteiger charge is 2.42. The molecule has 0 aliphatic carbocycles. The van der Waals surface area contributed by atoms with E-state index in [-0.39, 0.29) is 17.1 Å². The quantitative estimate of drug-likeness (QED) is 0.388. The van der Waals surface area contributed by atoms with Gasteiger partial charge in [-0.1, -0.05) is 33.8 Å². The van der Waals surface area contributed by atoms with E-state index in [1.54, 1.807) is 47.8 Å². The maximum Gasteiger partial charge on any atom is 0.417 e. The average molecular weight is 538 g/mol. The number of aromatic nitrogens is 1. The van der Waals surface area contributed by atoms with Gasteiger partial charge in [-0.2, -0.15) is 18.4 Å². The largest absolute Gasteiger partial charge is 0.417 e. The molecule has 0 spiro atoms. The second-order valence-corrected chi connectivity index (χ2v) is 9.73. The second kappa shape index (κ2) is 8.69. The van der Waals surface area contributed by atoms with Crippen LogP contribution in [0.3, 0.4) is 0 Å². The second-order valence-electron chi connectivity index (χ2n) is 6.68. The molecule has 1 aliphatic heterocycles. The van der Waals surface area contributed by atoms with Crippen LogP contribution in [0.15, 0.2) is 57.3 Å². The fourth-order valence-electron chi connectivity index (χ4n) is 3.18. The molecule has 1 saturated heterocycles. The molecule has 162 valence electrons. The number of amides is 2. The van der Waals surface area contributed by atoms with Crippen LogP contribution in [0.4, 0.5) is 18.9 Å². The van der Waals surface area contributed by atoms with Crippen LogP contribution in [0, 0.1) is 11.3 Å². The summed E-state index contributed by atoms with van der Waals surface area (Å²) < 4.78 is 41.8. The summed E-state index contributed by atoms with van der Waals surface area (Å²) in [5.74, 6) is -1.04. The lowest BCUT2D eigenvalue weighted by molar-refractivity contribution is -0.138. The number of alkyl halides is 3. The van der Waals surface area contributed by atoms with E-state index in [4.69, 9.17) is 0 Å². The van der Waals surface area contributed by atoms with Gasteiger partial charge in [-0.15, -0.1) is 11.3 Å². The van der Waals surface area contributed by atoms with E-state index in [1.165, 1.54) is 11.3 Å². The van der Waals surface area contributed by atoms with Gasteiger partial charge in [-0.05, 0) is 41.8 Å². The number of thioether (sulfide) groups is 1. The van der Waals surface area contributed by atoms with E-state index in [1.807, 2.05) is 0 Å². The van der Waals surface area contributed by atoms with Gasteiger partial charge in [0, 0.05) is 10.9 Å². The van der Waals surface area contributed by atoms with Crippen LogP contribution in [-0.4, -0.2) is 22.0 Å². The number of hydrogen-bond donors (Lipinski definition) is 0. The standard InChI is InChI=1S/C21H11BrF3N3O2S2/c22-11-3-5-12(6-4-11)28-18(29)9-17(20(28)30)32-19-13(10-26)14(21(23,24)25)8-15(27-19)16-2-1-7-31-16/h1-8,17H,9H2/t17-/m1/s1.